The van der Waals surface area contributed by atoms with E-state index in [1.807, 2.05) is 0 Å². The van der Waals surface area contributed by atoms with Crippen molar-refractivity contribution in [2.45, 2.75) is 45.3 Å². The third-order valence-electron chi connectivity index (χ3n) is 2.64. The van der Waals surface area contributed by atoms with Crippen molar-refractivity contribution in [3.8, 4) is 0 Å². The SMILES string of the molecule is CCC(CC)N(CC(F)(F)F)C(=O)CCNC. The predicted octanol–water partition coefficient (Wildman–Crippen LogP) is 2.18. The second kappa shape index (κ2) is 7.53. The lowest BCUT2D eigenvalue weighted by atomic mass is 10.1. The fourth-order valence-corrected chi connectivity index (χ4v) is 1.72. The summed E-state index contributed by atoms with van der Waals surface area (Å²) < 4.78 is 37.2. The van der Waals surface area contributed by atoms with E-state index in [9.17, 15) is 18.0 Å². The number of nitrogens with one attached hydrogen (secondary N) is 1. The first-order valence-electron chi connectivity index (χ1n) is 5.86. The van der Waals surface area contributed by atoms with Crippen molar-refractivity contribution >= 4 is 5.91 Å². The fourth-order valence-electron chi connectivity index (χ4n) is 1.72. The zero-order valence-corrected chi connectivity index (χ0v) is 10.6. The molecule has 0 aliphatic heterocycles. The van der Waals surface area contributed by atoms with Crippen LogP contribution in [0.4, 0.5) is 13.2 Å². The third-order valence-corrected chi connectivity index (χ3v) is 2.64. The quantitative estimate of drug-likeness (QED) is 0.755. The Balaban J connectivity index is 4.65. The molecule has 0 saturated heterocycles. The average Bonchev–Trinajstić information content (AvgIpc) is 2.24. The maximum absolute atomic E-state index is 12.4. The van der Waals surface area contributed by atoms with E-state index in [0.29, 0.717) is 19.4 Å². The molecule has 0 spiro atoms. The summed E-state index contributed by atoms with van der Waals surface area (Å²) in [5.41, 5.74) is 0. The van der Waals surface area contributed by atoms with E-state index >= 15 is 0 Å². The zero-order chi connectivity index (χ0) is 13.5. The second-order valence-electron chi connectivity index (χ2n) is 3.96. The molecule has 0 aliphatic rings. The van der Waals surface area contributed by atoms with Gasteiger partial charge in [-0.05, 0) is 19.9 Å². The summed E-state index contributed by atoms with van der Waals surface area (Å²) in [6, 6.07) is -0.332. The molecule has 102 valence electrons. The highest BCUT2D eigenvalue weighted by atomic mass is 19.4. The van der Waals surface area contributed by atoms with Crippen molar-refractivity contribution < 1.29 is 18.0 Å². The van der Waals surface area contributed by atoms with Gasteiger partial charge in [-0.15, -0.1) is 0 Å². The van der Waals surface area contributed by atoms with E-state index in [2.05, 4.69) is 5.32 Å². The molecule has 6 heteroatoms. The number of carbonyl (C=O) groups is 1. The van der Waals surface area contributed by atoms with Gasteiger partial charge in [-0.2, -0.15) is 13.2 Å². The molecule has 0 unspecified atom stereocenters. The Morgan fingerprint density at radius 1 is 1.29 bits per heavy atom. The standard InChI is InChI=1S/C11H21F3N2O/c1-4-9(5-2)16(8-11(12,13)14)10(17)6-7-15-3/h9,15H,4-8H2,1-3H3. The molecule has 0 saturated carbocycles. The molecule has 0 aromatic rings. The molecule has 0 aromatic carbocycles. The number of carbonyl (C=O) groups excluding carboxylic acids is 1. The molecule has 0 aromatic heterocycles. The van der Waals surface area contributed by atoms with Crippen LogP contribution < -0.4 is 5.32 Å². The molecule has 17 heavy (non-hydrogen) atoms. The van der Waals surface area contributed by atoms with Crippen LogP contribution in [0, 0.1) is 0 Å². The third kappa shape index (κ3) is 6.51. The average molecular weight is 254 g/mol. The summed E-state index contributed by atoms with van der Waals surface area (Å²) in [6.07, 6.45) is -3.16. The minimum absolute atomic E-state index is 0.100. The first-order valence-corrected chi connectivity index (χ1v) is 5.86. The Kier molecular flexibility index (Phi) is 7.18. The van der Waals surface area contributed by atoms with Crippen LogP contribution in [0.25, 0.3) is 0 Å². The van der Waals surface area contributed by atoms with Crippen LogP contribution in [0.5, 0.6) is 0 Å². The van der Waals surface area contributed by atoms with Crippen molar-refractivity contribution in [2.24, 2.45) is 0 Å². The molecule has 0 bridgehead atoms. The Bertz CT molecular complexity index is 227. The minimum atomic E-state index is -4.34. The van der Waals surface area contributed by atoms with Gasteiger partial charge in [0.05, 0.1) is 0 Å². The normalized spacial score (nSPS) is 11.9. The van der Waals surface area contributed by atoms with E-state index in [4.69, 9.17) is 0 Å². The molecular formula is C11H21F3N2O. The monoisotopic (exact) mass is 254 g/mol. The van der Waals surface area contributed by atoms with Crippen LogP contribution in [0.1, 0.15) is 33.1 Å². The molecule has 0 rings (SSSR count). The first kappa shape index (κ1) is 16.2. The summed E-state index contributed by atoms with van der Waals surface area (Å²) >= 11 is 0. The molecule has 3 nitrogen and oxygen atoms in total. The van der Waals surface area contributed by atoms with Gasteiger partial charge in [0.1, 0.15) is 6.54 Å². The lowest BCUT2D eigenvalue weighted by Crippen LogP contribution is -2.45. The van der Waals surface area contributed by atoms with Gasteiger partial charge < -0.3 is 10.2 Å². The van der Waals surface area contributed by atoms with Crippen molar-refractivity contribution in [2.75, 3.05) is 20.1 Å². The predicted molar refractivity (Wildman–Crippen MR) is 60.7 cm³/mol. The van der Waals surface area contributed by atoms with Gasteiger partial charge in [-0.25, -0.2) is 0 Å². The van der Waals surface area contributed by atoms with Gasteiger partial charge in [-0.1, -0.05) is 13.8 Å². The number of halogens is 3. The molecule has 1 N–H and O–H groups in total. The molecule has 1 amide bonds. The first-order chi connectivity index (χ1) is 7.85. The van der Waals surface area contributed by atoms with Gasteiger partial charge in [-0.3, -0.25) is 4.79 Å². The maximum Gasteiger partial charge on any atom is 0.406 e. The zero-order valence-electron chi connectivity index (χ0n) is 10.6. The molecular weight excluding hydrogens is 233 g/mol. The highest BCUT2D eigenvalue weighted by Crippen LogP contribution is 2.20. The molecule has 0 aliphatic carbocycles. The van der Waals surface area contributed by atoms with Gasteiger partial charge in [0.2, 0.25) is 5.91 Å². The highest BCUT2D eigenvalue weighted by Gasteiger charge is 2.35. The Morgan fingerprint density at radius 3 is 2.18 bits per heavy atom. The van der Waals surface area contributed by atoms with Gasteiger partial charge >= 0.3 is 6.18 Å². The van der Waals surface area contributed by atoms with E-state index < -0.39 is 18.6 Å². The largest absolute Gasteiger partial charge is 0.406 e. The lowest BCUT2D eigenvalue weighted by Gasteiger charge is -2.31. The van der Waals surface area contributed by atoms with Crippen molar-refractivity contribution in [3.63, 3.8) is 0 Å². The maximum atomic E-state index is 12.4. The molecule has 0 fully saturated rings. The van der Waals surface area contributed by atoms with Crippen molar-refractivity contribution in [1.29, 1.82) is 0 Å². The molecule has 0 heterocycles. The number of amides is 1. The summed E-state index contributed by atoms with van der Waals surface area (Å²) in [7, 11) is 1.67. The summed E-state index contributed by atoms with van der Waals surface area (Å²) in [4.78, 5) is 12.7. The van der Waals surface area contributed by atoms with Crippen LogP contribution in [0.3, 0.4) is 0 Å². The lowest BCUT2D eigenvalue weighted by molar-refractivity contribution is -0.166. The number of rotatable bonds is 7. The Labute approximate surface area is 100 Å². The van der Waals surface area contributed by atoms with Crippen LogP contribution >= 0.6 is 0 Å². The van der Waals surface area contributed by atoms with Crippen LogP contribution in [0.15, 0.2) is 0 Å². The van der Waals surface area contributed by atoms with Crippen LogP contribution in [-0.4, -0.2) is 43.2 Å². The smallest absolute Gasteiger partial charge is 0.331 e. The van der Waals surface area contributed by atoms with E-state index in [-0.39, 0.29) is 12.5 Å². The Morgan fingerprint density at radius 2 is 1.82 bits per heavy atom. The van der Waals surface area contributed by atoms with Gasteiger partial charge in [0.25, 0.3) is 0 Å². The summed E-state index contributed by atoms with van der Waals surface area (Å²) in [5.74, 6) is -0.439. The van der Waals surface area contributed by atoms with Crippen molar-refractivity contribution in [1.82, 2.24) is 10.2 Å². The highest BCUT2D eigenvalue weighted by molar-refractivity contribution is 5.76. The number of hydrogen-bond acceptors (Lipinski definition) is 2. The fraction of sp³-hybridized carbons (Fsp3) is 0.909. The van der Waals surface area contributed by atoms with Crippen LogP contribution in [-0.2, 0) is 4.79 Å². The van der Waals surface area contributed by atoms with Crippen molar-refractivity contribution in [3.05, 3.63) is 0 Å². The summed E-state index contributed by atoms with van der Waals surface area (Å²) in [6.45, 7) is 2.83. The van der Waals surface area contributed by atoms with Gasteiger partial charge in [0, 0.05) is 19.0 Å². The number of nitrogens with zero attached hydrogens (tertiary/aromatic N) is 1. The van der Waals surface area contributed by atoms with Gasteiger partial charge in [0.15, 0.2) is 0 Å². The summed E-state index contributed by atoms with van der Waals surface area (Å²) in [5, 5.41) is 2.76. The second-order valence-corrected chi connectivity index (χ2v) is 3.96. The number of alkyl halides is 3. The van der Waals surface area contributed by atoms with E-state index in [0.717, 1.165) is 4.90 Å². The number of hydrogen-bond donors (Lipinski definition) is 1. The van der Waals surface area contributed by atoms with E-state index in [1.165, 1.54) is 0 Å². The minimum Gasteiger partial charge on any atom is -0.331 e. The Hall–Kier alpha value is -0.780. The topological polar surface area (TPSA) is 32.3 Å². The molecule has 0 radical (unpaired) electrons. The molecule has 0 atom stereocenters. The van der Waals surface area contributed by atoms with E-state index in [1.54, 1.807) is 20.9 Å². The van der Waals surface area contributed by atoms with Crippen LogP contribution in [0.2, 0.25) is 0 Å².